The van der Waals surface area contributed by atoms with Crippen LogP contribution in [0.2, 0.25) is 0 Å². The van der Waals surface area contributed by atoms with Gasteiger partial charge in [-0.15, -0.1) is 0 Å². The summed E-state index contributed by atoms with van der Waals surface area (Å²) in [6.45, 7) is 6.38. The van der Waals surface area contributed by atoms with Gasteiger partial charge in [0.15, 0.2) is 0 Å². The summed E-state index contributed by atoms with van der Waals surface area (Å²) in [5.74, 6) is 0. The van der Waals surface area contributed by atoms with E-state index in [4.69, 9.17) is 9.84 Å². The molecule has 0 aromatic rings. The molecule has 0 amide bonds. The molecule has 1 atom stereocenters. The van der Waals surface area contributed by atoms with Crippen molar-refractivity contribution in [2.45, 2.75) is 65.1 Å². The smallest absolute Gasteiger partial charge is 0.0809 e. The molecule has 0 rings (SSSR count). The average molecular weight is 188 g/mol. The quantitative estimate of drug-likeness (QED) is 0.593. The maximum absolute atomic E-state index is 9.01. The number of hydrogen-bond donors (Lipinski definition) is 1. The van der Waals surface area contributed by atoms with Gasteiger partial charge in [0, 0.05) is 0 Å². The molecule has 0 aliphatic rings. The number of aliphatic hydroxyl groups is 1. The number of unbranched alkanes of at least 4 members (excludes halogenated alkanes) is 3. The Morgan fingerprint density at radius 3 is 2.31 bits per heavy atom. The molecule has 0 aliphatic heterocycles. The van der Waals surface area contributed by atoms with E-state index in [-0.39, 0.29) is 18.8 Å². The highest BCUT2D eigenvalue weighted by molar-refractivity contribution is 4.57. The van der Waals surface area contributed by atoms with E-state index < -0.39 is 0 Å². The van der Waals surface area contributed by atoms with E-state index in [0.717, 1.165) is 6.42 Å². The van der Waals surface area contributed by atoms with Gasteiger partial charge in [0.2, 0.25) is 0 Å². The monoisotopic (exact) mass is 188 g/mol. The predicted molar refractivity (Wildman–Crippen MR) is 55.9 cm³/mol. The Bertz CT molecular complexity index is 102. The van der Waals surface area contributed by atoms with E-state index in [1.54, 1.807) is 0 Å². The summed E-state index contributed by atoms with van der Waals surface area (Å²) in [7, 11) is 0. The summed E-state index contributed by atoms with van der Waals surface area (Å²) >= 11 is 0. The molecule has 80 valence electrons. The van der Waals surface area contributed by atoms with Gasteiger partial charge in [-0.05, 0) is 20.3 Å². The summed E-state index contributed by atoms with van der Waals surface area (Å²) in [6.07, 6.45) is 6.25. The molecular formula is C11H24O2. The van der Waals surface area contributed by atoms with E-state index in [1.807, 2.05) is 13.8 Å². The van der Waals surface area contributed by atoms with Crippen LogP contribution in [0.5, 0.6) is 0 Å². The summed E-state index contributed by atoms with van der Waals surface area (Å²) in [5.41, 5.74) is 0. The topological polar surface area (TPSA) is 29.5 Å². The first-order chi connectivity index (χ1) is 6.20. The standard InChI is InChI=1S/C11H24O2/c1-4-5-6-7-8-11(9-12)13-10(2)3/h10-12H,4-9H2,1-3H3. The zero-order valence-corrected chi connectivity index (χ0v) is 9.25. The highest BCUT2D eigenvalue weighted by Gasteiger charge is 2.08. The summed E-state index contributed by atoms with van der Waals surface area (Å²) in [5, 5.41) is 9.01. The number of rotatable bonds is 8. The Morgan fingerprint density at radius 1 is 1.15 bits per heavy atom. The third-order valence-electron chi connectivity index (χ3n) is 2.05. The Kier molecular flexibility index (Phi) is 8.46. The second-order valence-corrected chi connectivity index (χ2v) is 3.84. The molecule has 2 nitrogen and oxygen atoms in total. The highest BCUT2D eigenvalue weighted by atomic mass is 16.5. The van der Waals surface area contributed by atoms with Gasteiger partial charge < -0.3 is 9.84 Å². The van der Waals surface area contributed by atoms with Gasteiger partial charge in [-0.3, -0.25) is 0 Å². The van der Waals surface area contributed by atoms with Crippen LogP contribution in [0, 0.1) is 0 Å². The molecule has 0 bridgehead atoms. The first kappa shape index (κ1) is 12.9. The molecule has 0 aromatic heterocycles. The predicted octanol–water partition coefficient (Wildman–Crippen LogP) is 2.74. The van der Waals surface area contributed by atoms with Gasteiger partial charge >= 0.3 is 0 Å². The normalized spacial score (nSPS) is 13.6. The zero-order valence-electron chi connectivity index (χ0n) is 9.25. The SMILES string of the molecule is CCCCCCC(CO)OC(C)C. The van der Waals surface area contributed by atoms with E-state index >= 15 is 0 Å². The Morgan fingerprint density at radius 2 is 1.85 bits per heavy atom. The van der Waals surface area contributed by atoms with Crippen LogP contribution in [0.25, 0.3) is 0 Å². The molecule has 0 aromatic carbocycles. The van der Waals surface area contributed by atoms with Crippen molar-refractivity contribution in [1.29, 1.82) is 0 Å². The van der Waals surface area contributed by atoms with Crippen LogP contribution in [-0.2, 0) is 4.74 Å². The van der Waals surface area contributed by atoms with Crippen LogP contribution >= 0.6 is 0 Å². The molecule has 0 heterocycles. The van der Waals surface area contributed by atoms with Crippen molar-refractivity contribution >= 4 is 0 Å². The summed E-state index contributed by atoms with van der Waals surface area (Å²) in [6, 6.07) is 0. The molecule has 0 spiro atoms. The van der Waals surface area contributed by atoms with Crippen molar-refractivity contribution in [3.8, 4) is 0 Å². The molecule has 0 radical (unpaired) electrons. The Hall–Kier alpha value is -0.0800. The lowest BCUT2D eigenvalue weighted by molar-refractivity contribution is -0.0281. The molecule has 1 unspecified atom stereocenters. The Labute approximate surface area is 82.3 Å². The van der Waals surface area contributed by atoms with Crippen molar-refractivity contribution in [3.05, 3.63) is 0 Å². The van der Waals surface area contributed by atoms with Crippen LogP contribution in [-0.4, -0.2) is 23.9 Å². The van der Waals surface area contributed by atoms with Crippen molar-refractivity contribution in [1.82, 2.24) is 0 Å². The molecule has 0 saturated carbocycles. The average Bonchev–Trinajstić information content (AvgIpc) is 2.09. The molecule has 0 aliphatic carbocycles. The van der Waals surface area contributed by atoms with E-state index in [2.05, 4.69) is 6.92 Å². The highest BCUT2D eigenvalue weighted by Crippen LogP contribution is 2.09. The second kappa shape index (κ2) is 8.52. The molecule has 0 saturated heterocycles. The van der Waals surface area contributed by atoms with Crippen molar-refractivity contribution < 1.29 is 9.84 Å². The first-order valence-electron chi connectivity index (χ1n) is 5.47. The minimum absolute atomic E-state index is 0.0526. The van der Waals surface area contributed by atoms with Gasteiger partial charge in [0.05, 0.1) is 18.8 Å². The molecular weight excluding hydrogens is 164 g/mol. The number of hydrogen-bond acceptors (Lipinski definition) is 2. The van der Waals surface area contributed by atoms with E-state index in [0.29, 0.717) is 0 Å². The van der Waals surface area contributed by atoms with E-state index in [9.17, 15) is 0 Å². The van der Waals surface area contributed by atoms with Gasteiger partial charge in [-0.2, -0.15) is 0 Å². The lowest BCUT2D eigenvalue weighted by Gasteiger charge is -2.17. The maximum Gasteiger partial charge on any atom is 0.0809 e. The largest absolute Gasteiger partial charge is 0.394 e. The zero-order chi connectivity index (χ0) is 10.1. The van der Waals surface area contributed by atoms with Crippen molar-refractivity contribution in [3.63, 3.8) is 0 Å². The molecule has 1 N–H and O–H groups in total. The van der Waals surface area contributed by atoms with Gasteiger partial charge in [-0.25, -0.2) is 0 Å². The van der Waals surface area contributed by atoms with Crippen LogP contribution < -0.4 is 0 Å². The third kappa shape index (κ3) is 8.26. The van der Waals surface area contributed by atoms with Gasteiger partial charge in [0.1, 0.15) is 0 Å². The van der Waals surface area contributed by atoms with Crippen LogP contribution in [0.15, 0.2) is 0 Å². The Balaban J connectivity index is 3.36. The first-order valence-corrected chi connectivity index (χ1v) is 5.47. The second-order valence-electron chi connectivity index (χ2n) is 3.84. The summed E-state index contributed by atoms with van der Waals surface area (Å²) in [4.78, 5) is 0. The van der Waals surface area contributed by atoms with Crippen LogP contribution in [0.4, 0.5) is 0 Å². The fourth-order valence-corrected chi connectivity index (χ4v) is 1.39. The van der Waals surface area contributed by atoms with Crippen LogP contribution in [0.1, 0.15) is 52.9 Å². The van der Waals surface area contributed by atoms with Gasteiger partial charge in [0.25, 0.3) is 0 Å². The molecule has 2 heteroatoms. The number of ether oxygens (including phenoxy) is 1. The molecule has 0 fully saturated rings. The minimum atomic E-state index is 0.0526. The van der Waals surface area contributed by atoms with Crippen molar-refractivity contribution in [2.75, 3.05) is 6.61 Å². The van der Waals surface area contributed by atoms with Crippen LogP contribution in [0.3, 0.4) is 0 Å². The van der Waals surface area contributed by atoms with E-state index in [1.165, 1.54) is 25.7 Å². The number of aliphatic hydroxyl groups excluding tert-OH is 1. The fraction of sp³-hybridized carbons (Fsp3) is 1.00. The minimum Gasteiger partial charge on any atom is -0.394 e. The van der Waals surface area contributed by atoms with Gasteiger partial charge in [-0.1, -0.05) is 32.6 Å². The lowest BCUT2D eigenvalue weighted by Crippen LogP contribution is -2.21. The molecule has 13 heavy (non-hydrogen) atoms. The third-order valence-corrected chi connectivity index (χ3v) is 2.05. The van der Waals surface area contributed by atoms with Crippen molar-refractivity contribution in [2.24, 2.45) is 0 Å². The fourth-order valence-electron chi connectivity index (χ4n) is 1.39. The summed E-state index contributed by atoms with van der Waals surface area (Å²) < 4.78 is 5.53. The maximum atomic E-state index is 9.01. The lowest BCUT2D eigenvalue weighted by atomic mass is 10.1.